The fourth-order valence-electron chi connectivity index (χ4n) is 2.57. The molecule has 5 heteroatoms. The molecule has 0 aromatic heterocycles. The highest BCUT2D eigenvalue weighted by atomic mass is 32.2. The van der Waals surface area contributed by atoms with E-state index in [1.807, 2.05) is 0 Å². The minimum Gasteiger partial charge on any atom is -0.317 e. The van der Waals surface area contributed by atoms with E-state index in [9.17, 15) is 8.42 Å². The molecule has 1 rings (SSSR count). The summed E-state index contributed by atoms with van der Waals surface area (Å²) in [6.45, 7) is 8.13. The molecule has 1 aliphatic rings. The van der Waals surface area contributed by atoms with E-state index >= 15 is 0 Å². The lowest BCUT2D eigenvalue weighted by Crippen LogP contribution is -2.44. The van der Waals surface area contributed by atoms with E-state index in [1.54, 1.807) is 6.92 Å². The van der Waals surface area contributed by atoms with E-state index in [2.05, 4.69) is 17.1 Å². The van der Waals surface area contributed by atoms with Gasteiger partial charge in [0, 0.05) is 11.8 Å². The first-order valence-corrected chi connectivity index (χ1v) is 9.06. The molecule has 1 fully saturated rings. The van der Waals surface area contributed by atoms with Crippen LogP contribution in [0.4, 0.5) is 0 Å². The maximum Gasteiger partial charge on any atom is 0.150 e. The second-order valence-electron chi connectivity index (χ2n) is 5.11. The topological polar surface area (TPSA) is 49.4 Å². The number of nitrogens with zero attached hydrogens (tertiary/aromatic N) is 1. The van der Waals surface area contributed by atoms with Gasteiger partial charge < -0.3 is 10.2 Å². The predicted molar refractivity (Wildman–Crippen MR) is 76.7 cm³/mol. The van der Waals surface area contributed by atoms with Crippen LogP contribution < -0.4 is 5.32 Å². The van der Waals surface area contributed by atoms with Crippen molar-refractivity contribution in [2.75, 3.05) is 37.7 Å². The second-order valence-corrected chi connectivity index (χ2v) is 7.58. The standard InChI is InChI=1S/C13H28N2O2S/c1-3-10-15(13-6-8-14-9-7-13)11-5-12-18(16,17)4-2/h13-14H,3-12H2,1-2H3. The summed E-state index contributed by atoms with van der Waals surface area (Å²) < 4.78 is 23.0. The van der Waals surface area contributed by atoms with Gasteiger partial charge in [-0.25, -0.2) is 8.42 Å². The van der Waals surface area contributed by atoms with Crippen LogP contribution in [-0.4, -0.2) is 57.0 Å². The molecular formula is C13H28N2O2S. The molecule has 0 aliphatic carbocycles. The van der Waals surface area contributed by atoms with Crippen molar-refractivity contribution < 1.29 is 8.42 Å². The van der Waals surface area contributed by atoms with Crippen molar-refractivity contribution in [1.29, 1.82) is 0 Å². The van der Waals surface area contributed by atoms with Crippen LogP contribution in [0.25, 0.3) is 0 Å². The van der Waals surface area contributed by atoms with Crippen molar-refractivity contribution in [2.24, 2.45) is 0 Å². The number of nitrogens with one attached hydrogen (secondary N) is 1. The van der Waals surface area contributed by atoms with E-state index in [0.29, 0.717) is 11.8 Å². The molecule has 1 saturated heterocycles. The maximum absolute atomic E-state index is 11.5. The predicted octanol–water partition coefficient (Wildman–Crippen LogP) is 1.28. The van der Waals surface area contributed by atoms with Crippen LogP contribution in [0.2, 0.25) is 0 Å². The lowest BCUT2D eigenvalue weighted by Gasteiger charge is -2.34. The molecule has 18 heavy (non-hydrogen) atoms. The van der Waals surface area contributed by atoms with E-state index in [-0.39, 0.29) is 5.75 Å². The average molecular weight is 276 g/mol. The molecule has 0 unspecified atom stereocenters. The Morgan fingerprint density at radius 1 is 1.17 bits per heavy atom. The van der Waals surface area contributed by atoms with Gasteiger partial charge in [-0.05, 0) is 51.9 Å². The highest BCUT2D eigenvalue weighted by Gasteiger charge is 2.20. The van der Waals surface area contributed by atoms with Gasteiger partial charge in [0.15, 0.2) is 0 Å². The summed E-state index contributed by atoms with van der Waals surface area (Å²) in [5, 5.41) is 3.38. The fraction of sp³-hybridized carbons (Fsp3) is 1.00. The summed E-state index contributed by atoms with van der Waals surface area (Å²) in [6, 6.07) is 0.649. The maximum atomic E-state index is 11.5. The third-order valence-electron chi connectivity index (χ3n) is 3.68. The lowest BCUT2D eigenvalue weighted by molar-refractivity contribution is 0.162. The third kappa shape index (κ3) is 5.67. The molecule has 0 radical (unpaired) electrons. The normalized spacial score (nSPS) is 18.4. The minimum atomic E-state index is -2.80. The number of hydrogen-bond acceptors (Lipinski definition) is 4. The van der Waals surface area contributed by atoms with Crippen LogP contribution in [0.15, 0.2) is 0 Å². The number of piperidine rings is 1. The zero-order valence-corrected chi connectivity index (χ0v) is 12.6. The molecule has 0 spiro atoms. The van der Waals surface area contributed by atoms with Gasteiger partial charge in [-0.15, -0.1) is 0 Å². The van der Waals surface area contributed by atoms with Crippen LogP contribution in [0.1, 0.15) is 39.5 Å². The molecule has 0 atom stereocenters. The van der Waals surface area contributed by atoms with Gasteiger partial charge in [0.05, 0.1) is 5.75 Å². The molecule has 1 N–H and O–H groups in total. The van der Waals surface area contributed by atoms with Crippen molar-refractivity contribution in [2.45, 2.75) is 45.6 Å². The molecule has 0 amide bonds. The van der Waals surface area contributed by atoms with Crippen molar-refractivity contribution in [3.05, 3.63) is 0 Å². The molecular weight excluding hydrogens is 248 g/mol. The largest absolute Gasteiger partial charge is 0.317 e. The van der Waals surface area contributed by atoms with Crippen LogP contribution in [0, 0.1) is 0 Å². The Balaban J connectivity index is 2.37. The molecule has 0 bridgehead atoms. The van der Waals surface area contributed by atoms with Gasteiger partial charge in [-0.3, -0.25) is 0 Å². The molecule has 108 valence electrons. The highest BCUT2D eigenvalue weighted by Crippen LogP contribution is 2.13. The Morgan fingerprint density at radius 2 is 1.83 bits per heavy atom. The Kier molecular flexibility index (Phi) is 7.19. The van der Waals surface area contributed by atoms with Crippen molar-refractivity contribution >= 4 is 9.84 Å². The summed E-state index contributed by atoms with van der Waals surface area (Å²) in [6.07, 6.45) is 4.31. The Hall–Kier alpha value is -0.130. The van der Waals surface area contributed by atoms with Crippen molar-refractivity contribution in [3.8, 4) is 0 Å². The average Bonchev–Trinajstić information content (AvgIpc) is 2.39. The minimum absolute atomic E-state index is 0.272. The summed E-state index contributed by atoms with van der Waals surface area (Å²) in [5.41, 5.74) is 0. The van der Waals surface area contributed by atoms with E-state index < -0.39 is 9.84 Å². The molecule has 1 aliphatic heterocycles. The SMILES string of the molecule is CCCN(CCCS(=O)(=O)CC)C1CCNCC1. The molecule has 1 heterocycles. The zero-order chi connectivity index (χ0) is 13.4. The van der Waals surface area contributed by atoms with Crippen LogP contribution in [0.5, 0.6) is 0 Å². The monoisotopic (exact) mass is 276 g/mol. The van der Waals surface area contributed by atoms with Crippen LogP contribution >= 0.6 is 0 Å². The smallest absolute Gasteiger partial charge is 0.150 e. The zero-order valence-electron chi connectivity index (χ0n) is 11.8. The first kappa shape index (κ1) is 15.9. The number of sulfone groups is 1. The summed E-state index contributed by atoms with van der Waals surface area (Å²) in [7, 11) is -2.80. The van der Waals surface area contributed by atoms with Gasteiger partial charge in [-0.1, -0.05) is 13.8 Å². The van der Waals surface area contributed by atoms with E-state index in [0.717, 1.165) is 39.0 Å². The second kappa shape index (κ2) is 8.12. The fourth-order valence-corrected chi connectivity index (χ4v) is 3.43. The first-order chi connectivity index (χ1) is 8.59. The molecule has 0 saturated carbocycles. The molecule has 4 nitrogen and oxygen atoms in total. The van der Waals surface area contributed by atoms with Gasteiger partial charge in [0.1, 0.15) is 9.84 Å². The molecule has 0 aromatic rings. The van der Waals surface area contributed by atoms with Crippen LogP contribution in [-0.2, 0) is 9.84 Å². The third-order valence-corrected chi connectivity index (χ3v) is 5.47. The van der Waals surface area contributed by atoms with Crippen LogP contribution in [0.3, 0.4) is 0 Å². The van der Waals surface area contributed by atoms with Crippen molar-refractivity contribution in [1.82, 2.24) is 10.2 Å². The summed E-state index contributed by atoms with van der Waals surface area (Å²) >= 11 is 0. The van der Waals surface area contributed by atoms with Gasteiger partial charge in [0.2, 0.25) is 0 Å². The Labute approximate surface area is 112 Å². The Bertz CT molecular complexity index is 311. The summed E-state index contributed by atoms with van der Waals surface area (Å²) in [4.78, 5) is 2.49. The Morgan fingerprint density at radius 3 is 2.39 bits per heavy atom. The van der Waals surface area contributed by atoms with Gasteiger partial charge in [0.25, 0.3) is 0 Å². The van der Waals surface area contributed by atoms with Crippen molar-refractivity contribution in [3.63, 3.8) is 0 Å². The number of hydrogen-bond donors (Lipinski definition) is 1. The number of rotatable bonds is 8. The van der Waals surface area contributed by atoms with Gasteiger partial charge in [-0.2, -0.15) is 0 Å². The summed E-state index contributed by atoms with van der Waals surface area (Å²) in [5.74, 6) is 0.614. The first-order valence-electron chi connectivity index (χ1n) is 7.24. The highest BCUT2D eigenvalue weighted by molar-refractivity contribution is 7.91. The lowest BCUT2D eigenvalue weighted by atomic mass is 10.0. The molecule has 0 aromatic carbocycles. The van der Waals surface area contributed by atoms with E-state index in [4.69, 9.17) is 0 Å². The van der Waals surface area contributed by atoms with Gasteiger partial charge >= 0.3 is 0 Å². The quantitative estimate of drug-likeness (QED) is 0.725. The van der Waals surface area contributed by atoms with E-state index in [1.165, 1.54) is 12.8 Å².